The maximum absolute atomic E-state index is 11.8. The average molecular weight is 857 g/mol. The minimum absolute atomic E-state index is 0.176. The number of ether oxygens (including phenoxy) is 4. The third-order valence-corrected chi connectivity index (χ3v) is 11.7. The van der Waals surface area contributed by atoms with Gasteiger partial charge in [-0.05, 0) is 84.3 Å². The van der Waals surface area contributed by atoms with Gasteiger partial charge in [-0.1, -0.05) is 73.8 Å². The lowest BCUT2D eigenvalue weighted by atomic mass is 10.0. The predicted octanol–water partition coefficient (Wildman–Crippen LogP) is 6.53. The van der Waals surface area contributed by atoms with E-state index in [-0.39, 0.29) is 72.1 Å². The number of nitrogens with zero attached hydrogens (tertiary/aromatic N) is 2. The van der Waals surface area contributed by atoms with E-state index < -0.39 is 10.5 Å². The van der Waals surface area contributed by atoms with Crippen LogP contribution in [0.25, 0.3) is 0 Å². The summed E-state index contributed by atoms with van der Waals surface area (Å²) in [5, 5.41) is 3.18. The molecule has 0 spiro atoms. The fraction of sp³-hybridized carbons (Fsp3) is 0.364. The number of hydrogen-bond acceptors (Lipinski definition) is 14. The van der Waals surface area contributed by atoms with Crippen LogP contribution in [0, 0.1) is 0 Å². The van der Waals surface area contributed by atoms with Crippen molar-refractivity contribution in [1.29, 1.82) is 0 Å². The SMILES string of the molecule is CCc1ccc(C(COc2ccc(C[C@H]3SC(=O)NC3=O)cc2)CC(=O)OC)nc1.CCc1ccc(C(COc2ccc(C[C@H]3SC(=O)NC3=O)cc2)CC(=O)OC)nc1. The van der Waals surface area contributed by atoms with Crippen molar-refractivity contribution < 1.29 is 47.7 Å². The van der Waals surface area contributed by atoms with E-state index in [0.29, 0.717) is 24.3 Å². The molecule has 4 atom stereocenters. The topological polar surface area (TPSA) is 189 Å². The lowest BCUT2D eigenvalue weighted by Crippen LogP contribution is -2.25. The first-order valence-electron chi connectivity index (χ1n) is 19.5. The van der Waals surface area contributed by atoms with E-state index in [4.69, 9.17) is 18.9 Å². The summed E-state index contributed by atoms with van der Waals surface area (Å²) in [6.45, 7) is 4.68. The van der Waals surface area contributed by atoms with Crippen molar-refractivity contribution in [2.75, 3.05) is 27.4 Å². The maximum atomic E-state index is 11.8. The molecule has 0 radical (unpaired) electrons. The molecule has 4 aromatic rings. The Morgan fingerprint density at radius 3 is 1.23 bits per heavy atom. The van der Waals surface area contributed by atoms with Crippen LogP contribution < -0.4 is 20.1 Å². The molecule has 2 aromatic heterocycles. The van der Waals surface area contributed by atoms with E-state index in [1.165, 1.54) is 14.2 Å². The molecule has 2 fully saturated rings. The summed E-state index contributed by atoms with van der Waals surface area (Å²) in [4.78, 5) is 78.6. The second-order valence-corrected chi connectivity index (χ2v) is 16.3. The molecule has 2 aromatic carbocycles. The van der Waals surface area contributed by atoms with Crippen LogP contribution in [0.4, 0.5) is 9.59 Å². The first kappa shape index (κ1) is 45.3. The van der Waals surface area contributed by atoms with Gasteiger partial charge in [0.15, 0.2) is 0 Å². The summed E-state index contributed by atoms with van der Waals surface area (Å²) in [5.41, 5.74) is 5.69. The highest BCUT2D eigenvalue weighted by molar-refractivity contribution is 8.15. The van der Waals surface area contributed by atoms with Gasteiger partial charge in [-0.3, -0.25) is 49.4 Å². The van der Waals surface area contributed by atoms with Gasteiger partial charge < -0.3 is 18.9 Å². The van der Waals surface area contributed by atoms with Gasteiger partial charge in [0.1, 0.15) is 11.5 Å². The summed E-state index contributed by atoms with van der Waals surface area (Å²) < 4.78 is 21.4. The number of nitrogens with one attached hydrogen (secondary N) is 2. The molecule has 2 N–H and O–H groups in total. The monoisotopic (exact) mass is 856 g/mol. The Balaban J connectivity index is 0.000000228. The van der Waals surface area contributed by atoms with Crippen LogP contribution in [0.2, 0.25) is 0 Å². The molecule has 60 heavy (non-hydrogen) atoms. The molecular weight excluding hydrogens is 809 g/mol. The second-order valence-electron chi connectivity index (χ2n) is 13.9. The summed E-state index contributed by atoms with van der Waals surface area (Å²) in [6.07, 6.45) is 6.72. The fourth-order valence-electron chi connectivity index (χ4n) is 6.16. The lowest BCUT2D eigenvalue weighted by molar-refractivity contribution is -0.142. The first-order chi connectivity index (χ1) is 29.0. The number of esters is 2. The first-order valence-corrected chi connectivity index (χ1v) is 21.2. The number of hydrogen-bond donors (Lipinski definition) is 2. The van der Waals surface area contributed by atoms with Crippen LogP contribution in [0.3, 0.4) is 0 Å². The Morgan fingerprint density at radius 1 is 0.583 bits per heavy atom. The Hall–Kier alpha value is -5.74. The highest BCUT2D eigenvalue weighted by Gasteiger charge is 2.32. The van der Waals surface area contributed by atoms with E-state index >= 15 is 0 Å². The fourth-order valence-corrected chi connectivity index (χ4v) is 7.88. The quantitative estimate of drug-likeness (QED) is 0.103. The van der Waals surface area contributed by atoms with Gasteiger partial charge >= 0.3 is 11.9 Å². The third-order valence-electron chi connectivity index (χ3n) is 9.76. The molecular formula is C44H48N4O10S2. The van der Waals surface area contributed by atoms with Crippen molar-refractivity contribution in [3.05, 3.63) is 119 Å². The number of aromatic nitrogens is 2. The molecule has 2 saturated heterocycles. The van der Waals surface area contributed by atoms with Crippen LogP contribution in [0.1, 0.15) is 72.2 Å². The van der Waals surface area contributed by atoms with E-state index in [1.54, 1.807) is 0 Å². The van der Waals surface area contributed by atoms with Gasteiger partial charge in [0.05, 0.1) is 50.8 Å². The number of imide groups is 2. The number of carbonyl (C=O) groups is 6. The molecule has 14 nitrogen and oxygen atoms in total. The van der Waals surface area contributed by atoms with Crippen molar-refractivity contribution in [3.8, 4) is 11.5 Å². The number of amides is 4. The number of pyridine rings is 2. The normalized spacial score (nSPS) is 16.8. The number of carbonyl (C=O) groups excluding carboxylic acids is 6. The Labute approximate surface area is 357 Å². The molecule has 2 aliphatic rings. The molecule has 16 heteroatoms. The molecule has 2 unspecified atom stereocenters. The Morgan fingerprint density at radius 2 is 0.950 bits per heavy atom. The zero-order chi connectivity index (χ0) is 43.0. The van der Waals surface area contributed by atoms with Crippen LogP contribution >= 0.6 is 23.5 Å². The molecule has 0 aliphatic carbocycles. The summed E-state index contributed by atoms with van der Waals surface area (Å²) in [6, 6.07) is 22.6. The van der Waals surface area contributed by atoms with Crippen LogP contribution in [-0.2, 0) is 54.3 Å². The van der Waals surface area contributed by atoms with Gasteiger partial charge in [-0.25, -0.2) is 0 Å². The molecule has 0 saturated carbocycles. The third kappa shape index (κ3) is 13.7. The molecule has 2 aliphatic heterocycles. The van der Waals surface area contributed by atoms with E-state index in [0.717, 1.165) is 70.0 Å². The summed E-state index contributed by atoms with van der Waals surface area (Å²) >= 11 is 2.03. The number of methoxy groups -OCH3 is 2. The zero-order valence-electron chi connectivity index (χ0n) is 33.8. The summed E-state index contributed by atoms with van der Waals surface area (Å²) in [7, 11) is 2.73. The van der Waals surface area contributed by atoms with Gasteiger partial charge in [-0.2, -0.15) is 0 Å². The Bertz CT molecular complexity index is 1950. The number of rotatable bonds is 18. The summed E-state index contributed by atoms with van der Waals surface area (Å²) in [5.74, 6) is -0.295. The van der Waals surface area contributed by atoms with Gasteiger partial charge in [-0.15, -0.1) is 0 Å². The van der Waals surface area contributed by atoms with Crippen LogP contribution in [-0.4, -0.2) is 82.1 Å². The van der Waals surface area contributed by atoms with E-state index in [9.17, 15) is 28.8 Å². The largest absolute Gasteiger partial charge is 0.493 e. The van der Waals surface area contributed by atoms with Crippen molar-refractivity contribution in [1.82, 2.24) is 20.6 Å². The van der Waals surface area contributed by atoms with Crippen molar-refractivity contribution in [2.45, 2.75) is 74.7 Å². The maximum Gasteiger partial charge on any atom is 0.306 e. The zero-order valence-corrected chi connectivity index (χ0v) is 35.5. The predicted molar refractivity (Wildman–Crippen MR) is 227 cm³/mol. The van der Waals surface area contributed by atoms with E-state index in [2.05, 4.69) is 34.4 Å². The number of aryl methyl sites for hydroxylation is 2. The minimum atomic E-state index is -0.397. The molecule has 4 amide bonds. The molecule has 0 bridgehead atoms. The standard InChI is InChI=1S/2C22H24N2O5S/c2*1-3-14-6-9-18(23-12-14)16(11-20(25)28-2)13-29-17-7-4-15(5-8-17)10-19-21(26)24-22(27)30-19/h2*4-9,12,16,19H,3,10-11,13H2,1-2H3,(H,24,26,27)/t2*16?,19-/m11/s1. The van der Waals surface area contributed by atoms with Gasteiger partial charge in [0.25, 0.3) is 10.5 Å². The number of thioether (sulfide) groups is 2. The van der Waals surface area contributed by atoms with Crippen molar-refractivity contribution >= 4 is 57.8 Å². The number of benzene rings is 2. The van der Waals surface area contributed by atoms with Gasteiger partial charge in [0.2, 0.25) is 11.8 Å². The average Bonchev–Trinajstić information content (AvgIpc) is 3.77. The van der Waals surface area contributed by atoms with Crippen LogP contribution in [0.5, 0.6) is 11.5 Å². The highest BCUT2D eigenvalue weighted by atomic mass is 32.2. The minimum Gasteiger partial charge on any atom is -0.493 e. The molecule has 316 valence electrons. The molecule has 4 heterocycles. The van der Waals surface area contributed by atoms with Crippen molar-refractivity contribution in [2.24, 2.45) is 0 Å². The molecule has 6 rings (SSSR count). The van der Waals surface area contributed by atoms with Crippen molar-refractivity contribution in [3.63, 3.8) is 0 Å². The highest BCUT2D eigenvalue weighted by Crippen LogP contribution is 2.27. The van der Waals surface area contributed by atoms with Crippen LogP contribution in [0.15, 0.2) is 85.2 Å². The second kappa shape index (κ2) is 22.6. The smallest absolute Gasteiger partial charge is 0.306 e. The van der Waals surface area contributed by atoms with E-state index in [1.807, 2.05) is 85.2 Å². The Kier molecular flexibility index (Phi) is 17.1. The lowest BCUT2D eigenvalue weighted by Gasteiger charge is -2.17. The van der Waals surface area contributed by atoms with Gasteiger partial charge in [0, 0.05) is 35.6 Å².